The van der Waals surface area contributed by atoms with Crippen LogP contribution in [-0.2, 0) is 5.54 Å². The zero-order valence-electron chi connectivity index (χ0n) is 12.4. The lowest BCUT2D eigenvalue weighted by molar-refractivity contribution is 0.0911. The molecule has 0 atom stereocenters. The Morgan fingerprint density at radius 3 is 2.77 bits per heavy atom. The lowest BCUT2D eigenvalue weighted by atomic mass is 9.93. The van der Waals surface area contributed by atoms with Gasteiger partial charge in [-0.25, -0.2) is 9.37 Å². The highest BCUT2D eigenvalue weighted by Gasteiger charge is 2.26. The first-order valence-corrected chi connectivity index (χ1v) is 6.98. The molecule has 0 aliphatic heterocycles. The number of hydrogen-bond donors (Lipinski definition) is 2. The number of rotatable bonds is 3. The lowest BCUT2D eigenvalue weighted by Crippen LogP contribution is -2.41. The molecule has 4 nitrogen and oxygen atoms in total. The van der Waals surface area contributed by atoms with Gasteiger partial charge in [-0.15, -0.1) is 0 Å². The first kappa shape index (κ1) is 14.3. The summed E-state index contributed by atoms with van der Waals surface area (Å²) in [5, 5.41) is 2.87. The van der Waals surface area contributed by atoms with Gasteiger partial charge in [0.05, 0.1) is 22.9 Å². The molecule has 0 fully saturated rings. The fourth-order valence-electron chi connectivity index (χ4n) is 2.47. The van der Waals surface area contributed by atoms with E-state index in [9.17, 15) is 9.18 Å². The molecular formula is C17H16FN3O. The number of H-pyrrole nitrogens is 1. The largest absolute Gasteiger partial charge is 0.345 e. The minimum absolute atomic E-state index is 0.259. The van der Waals surface area contributed by atoms with Crippen molar-refractivity contribution in [3.63, 3.8) is 0 Å². The Morgan fingerprint density at radius 2 is 2.00 bits per heavy atom. The standard InChI is InChI=1S/C17H16FN3O/c1-17(2,12-5-3-4-6-13(12)18)21-16(22)11-7-8-14-15(9-11)20-10-19-14/h3-10H,1-2H3,(H,19,20)(H,21,22). The summed E-state index contributed by atoms with van der Waals surface area (Å²) in [6, 6.07) is 11.7. The van der Waals surface area contributed by atoms with E-state index in [1.807, 2.05) is 0 Å². The van der Waals surface area contributed by atoms with Crippen LogP contribution >= 0.6 is 0 Å². The molecule has 0 aliphatic carbocycles. The summed E-state index contributed by atoms with van der Waals surface area (Å²) in [4.78, 5) is 19.5. The average Bonchev–Trinajstić information content (AvgIpc) is 2.94. The molecule has 0 saturated heterocycles. The van der Waals surface area contributed by atoms with Crippen molar-refractivity contribution in [3.05, 3.63) is 65.7 Å². The van der Waals surface area contributed by atoms with E-state index in [4.69, 9.17) is 0 Å². The highest BCUT2D eigenvalue weighted by atomic mass is 19.1. The van der Waals surface area contributed by atoms with E-state index in [1.54, 1.807) is 56.6 Å². The van der Waals surface area contributed by atoms with Gasteiger partial charge < -0.3 is 10.3 Å². The van der Waals surface area contributed by atoms with Gasteiger partial charge in [0.2, 0.25) is 0 Å². The third kappa shape index (κ3) is 2.57. The van der Waals surface area contributed by atoms with Gasteiger partial charge in [-0.1, -0.05) is 18.2 Å². The number of hydrogen-bond acceptors (Lipinski definition) is 2. The smallest absolute Gasteiger partial charge is 0.252 e. The lowest BCUT2D eigenvalue weighted by Gasteiger charge is -2.27. The zero-order chi connectivity index (χ0) is 15.7. The molecule has 0 saturated carbocycles. The molecule has 0 aliphatic rings. The van der Waals surface area contributed by atoms with Crippen molar-refractivity contribution >= 4 is 16.9 Å². The number of aromatic nitrogens is 2. The molecule has 0 radical (unpaired) electrons. The Bertz CT molecular complexity index is 839. The molecule has 2 N–H and O–H groups in total. The number of nitrogens with zero attached hydrogens (tertiary/aromatic N) is 1. The summed E-state index contributed by atoms with van der Waals surface area (Å²) < 4.78 is 13.9. The van der Waals surface area contributed by atoms with E-state index in [0.29, 0.717) is 11.1 Å². The average molecular weight is 297 g/mol. The highest BCUT2D eigenvalue weighted by molar-refractivity contribution is 5.97. The SMILES string of the molecule is CC(C)(NC(=O)c1ccc2nc[nH]c2c1)c1ccccc1F. The Morgan fingerprint density at radius 1 is 1.23 bits per heavy atom. The van der Waals surface area contributed by atoms with Crippen molar-refractivity contribution in [2.75, 3.05) is 0 Å². The third-order valence-electron chi connectivity index (χ3n) is 3.66. The topological polar surface area (TPSA) is 57.8 Å². The van der Waals surface area contributed by atoms with Gasteiger partial charge >= 0.3 is 0 Å². The minimum Gasteiger partial charge on any atom is -0.345 e. The second-order valence-electron chi connectivity index (χ2n) is 5.69. The third-order valence-corrected chi connectivity index (χ3v) is 3.66. The molecule has 112 valence electrons. The molecule has 2 aromatic carbocycles. The Hall–Kier alpha value is -2.69. The summed E-state index contributed by atoms with van der Waals surface area (Å²) in [7, 11) is 0. The monoisotopic (exact) mass is 297 g/mol. The normalized spacial score (nSPS) is 11.6. The van der Waals surface area contributed by atoms with Crippen molar-refractivity contribution in [1.29, 1.82) is 0 Å². The maximum Gasteiger partial charge on any atom is 0.252 e. The summed E-state index contributed by atoms with van der Waals surface area (Å²) in [5.74, 6) is -0.596. The second kappa shape index (κ2) is 5.26. The van der Waals surface area contributed by atoms with Crippen LogP contribution in [0.15, 0.2) is 48.8 Å². The predicted molar refractivity (Wildman–Crippen MR) is 83.0 cm³/mol. The molecule has 0 unspecified atom stereocenters. The Balaban J connectivity index is 1.88. The van der Waals surface area contributed by atoms with E-state index in [0.717, 1.165) is 11.0 Å². The van der Waals surface area contributed by atoms with Crippen molar-refractivity contribution in [1.82, 2.24) is 15.3 Å². The summed E-state index contributed by atoms with van der Waals surface area (Å²) in [5.41, 5.74) is 1.72. The van der Waals surface area contributed by atoms with Crippen LogP contribution in [0, 0.1) is 5.82 Å². The van der Waals surface area contributed by atoms with E-state index in [2.05, 4.69) is 15.3 Å². The molecule has 3 aromatic rings. The van der Waals surface area contributed by atoms with Gasteiger partial charge in [0.15, 0.2) is 0 Å². The van der Waals surface area contributed by atoms with Crippen molar-refractivity contribution in [2.45, 2.75) is 19.4 Å². The first-order valence-electron chi connectivity index (χ1n) is 6.98. The zero-order valence-corrected chi connectivity index (χ0v) is 12.4. The Kier molecular flexibility index (Phi) is 3.41. The maximum absolute atomic E-state index is 13.9. The van der Waals surface area contributed by atoms with E-state index in [1.165, 1.54) is 6.07 Å². The Labute approximate surface area is 127 Å². The number of imidazole rings is 1. The molecule has 0 spiro atoms. The minimum atomic E-state index is -0.814. The first-order chi connectivity index (χ1) is 10.5. The summed E-state index contributed by atoms with van der Waals surface area (Å²) >= 11 is 0. The molecule has 5 heteroatoms. The van der Waals surface area contributed by atoms with Gasteiger partial charge in [-0.2, -0.15) is 0 Å². The van der Waals surface area contributed by atoms with Crippen molar-refractivity contribution < 1.29 is 9.18 Å². The van der Waals surface area contributed by atoms with Crippen LogP contribution in [0.3, 0.4) is 0 Å². The van der Waals surface area contributed by atoms with Gasteiger partial charge in [-0.05, 0) is 38.1 Å². The molecule has 0 bridgehead atoms. The number of fused-ring (bicyclic) bond motifs is 1. The van der Waals surface area contributed by atoms with Crippen LogP contribution in [0.5, 0.6) is 0 Å². The van der Waals surface area contributed by atoms with E-state index in [-0.39, 0.29) is 11.7 Å². The van der Waals surface area contributed by atoms with E-state index >= 15 is 0 Å². The maximum atomic E-state index is 13.9. The predicted octanol–water partition coefficient (Wildman–Crippen LogP) is 3.37. The van der Waals surface area contributed by atoms with Crippen LogP contribution < -0.4 is 5.32 Å². The highest BCUT2D eigenvalue weighted by Crippen LogP contribution is 2.23. The van der Waals surface area contributed by atoms with E-state index < -0.39 is 5.54 Å². The molecule has 1 aromatic heterocycles. The number of benzene rings is 2. The molecular weight excluding hydrogens is 281 g/mol. The van der Waals surface area contributed by atoms with Gasteiger partial charge in [0.25, 0.3) is 5.91 Å². The molecule has 22 heavy (non-hydrogen) atoms. The van der Waals surface area contributed by atoms with Crippen molar-refractivity contribution in [2.24, 2.45) is 0 Å². The van der Waals surface area contributed by atoms with Gasteiger partial charge in [0, 0.05) is 11.1 Å². The van der Waals surface area contributed by atoms with Crippen LogP contribution in [0.1, 0.15) is 29.8 Å². The molecule has 1 heterocycles. The fraction of sp³-hybridized carbons (Fsp3) is 0.176. The quantitative estimate of drug-likeness (QED) is 0.778. The van der Waals surface area contributed by atoms with Crippen LogP contribution in [0.2, 0.25) is 0 Å². The van der Waals surface area contributed by atoms with Gasteiger partial charge in [-0.3, -0.25) is 4.79 Å². The molecule has 1 amide bonds. The van der Waals surface area contributed by atoms with Crippen molar-refractivity contribution in [3.8, 4) is 0 Å². The summed E-state index contributed by atoms with van der Waals surface area (Å²) in [6.45, 7) is 3.55. The van der Waals surface area contributed by atoms with Crippen LogP contribution in [0.25, 0.3) is 11.0 Å². The number of carbonyl (C=O) groups is 1. The van der Waals surface area contributed by atoms with Crippen LogP contribution in [-0.4, -0.2) is 15.9 Å². The molecule has 3 rings (SSSR count). The number of carbonyl (C=O) groups excluding carboxylic acids is 1. The summed E-state index contributed by atoms with van der Waals surface area (Å²) in [6.07, 6.45) is 1.58. The number of amides is 1. The van der Waals surface area contributed by atoms with Gasteiger partial charge in [0.1, 0.15) is 5.82 Å². The number of aromatic amines is 1. The second-order valence-corrected chi connectivity index (χ2v) is 5.69. The number of halogens is 1. The van der Waals surface area contributed by atoms with Crippen LogP contribution in [0.4, 0.5) is 4.39 Å². The fourth-order valence-corrected chi connectivity index (χ4v) is 2.47. The number of nitrogens with one attached hydrogen (secondary N) is 2.